The average molecular weight is 450 g/mol. The molecule has 1 unspecified atom stereocenters. The number of hydrogen-bond acceptors (Lipinski definition) is 6. The molecule has 0 bridgehead atoms. The highest BCUT2D eigenvalue weighted by Crippen LogP contribution is 2.29. The van der Waals surface area contributed by atoms with Gasteiger partial charge in [0.05, 0.1) is 11.0 Å². The smallest absolute Gasteiger partial charge is 0.239 e. The first kappa shape index (κ1) is 23.1. The van der Waals surface area contributed by atoms with Crippen molar-refractivity contribution in [3.05, 3.63) is 54.1 Å². The molecule has 1 heterocycles. The zero-order valence-electron chi connectivity index (χ0n) is 17.4. The first-order valence-electron chi connectivity index (χ1n) is 10.3. The summed E-state index contributed by atoms with van der Waals surface area (Å²) >= 11 is 1.33. The topological polar surface area (TPSA) is 86.9 Å². The Morgan fingerprint density at radius 3 is 2.40 bits per heavy atom. The number of piperazine rings is 1. The lowest BCUT2D eigenvalue weighted by Crippen LogP contribution is -2.46. The third-order valence-corrected chi connectivity index (χ3v) is 7.45. The van der Waals surface area contributed by atoms with Crippen molar-refractivity contribution in [3.63, 3.8) is 0 Å². The van der Waals surface area contributed by atoms with Crippen molar-refractivity contribution in [2.75, 3.05) is 43.9 Å². The number of aliphatic hydroxyl groups is 1. The van der Waals surface area contributed by atoms with Crippen molar-refractivity contribution >= 4 is 27.5 Å². The van der Waals surface area contributed by atoms with Gasteiger partial charge in [-0.05, 0) is 61.9 Å². The van der Waals surface area contributed by atoms with Crippen molar-refractivity contribution in [3.8, 4) is 0 Å². The van der Waals surface area contributed by atoms with Crippen LogP contribution in [0.15, 0.2) is 58.3 Å². The fourth-order valence-electron chi connectivity index (χ4n) is 3.83. The van der Waals surface area contributed by atoms with Crippen molar-refractivity contribution < 1.29 is 13.5 Å². The molecule has 164 valence electrons. The van der Waals surface area contributed by atoms with Crippen LogP contribution >= 0.6 is 11.8 Å². The Balaban J connectivity index is 1.43. The number of anilines is 1. The van der Waals surface area contributed by atoms with Crippen molar-refractivity contribution in [1.29, 1.82) is 0 Å². The number of sulfonamides is 1. The minimum atomic E-state index is -3.81. The van der Waals surface area contributed by atoms with E-state index in [9.17, 15) is 13.5 Å². The van der Waals surface area contributed by atoms with E-state index in [4.69, 9.17) is 5.14 Å². The Hall–Kier alpha value is -1.58. The fraction of sp³-hybridized carbons (Fsp3) is 0.455. The number of hydrogen-bond donors (Lipinski definition) is 2. The minimum absolute atomic E-state index is 0.0860. The van der Waals surface area contributed by atoms with E-state index in [0.29, 0.717) is 16.9 Å². The van der Waals surface area contributed by atoms with Crippen molar-refractivity contribution in [2.24, 2.45) is 5.14 Å². The molecule has 2 aromatic rings. The number of primary sulfonamides is 1. The molecule has 0 spiro atoms. The molecule has 1 aliphatic heterocycles. The van der Waals surface area contributed by atoms with Crippen LogP contribution in [0.5, 0.6) is 0 Å². The number of unbranched alkanes of at least 4 members (excludes halogenated alkanes) is 1. The summed E-state index contributed by atoms with van der Waals surface area (Å²) in [5.74, 6) is 0. The Morgan fingerprint density at radius 1 is 1.07 bits per heavy atom. The Bertz CT molecular complexity index is 914. The number of benzene rings is 2. The van der Waals surface area contributed by atoms with Crippen LogP contribution in [0.4, 0.5) is 5.69 Å². The van der Waals surface area contributed by atoms with Crippen LogP contribution in [0.1, 0.15) is 30.9 Å². The van der Waals surface area contributed by atoms with E-state index in [0.717, 1.165) is 45.6 Å². The highest BCUT2D eigenvalue weighted by Gasteiger charge is 2.19. The highest BCUT2D eigenvalue weighted by atomic mass is 32.2. The quantitative estimate of drug-likeness (QED) is 0.452. The first-order chi connectivity index (χ1) is 14.4. The second-order valence-electron chi connectivity index (χ2n) is 7.63. The van der Waals surface area contributed by atoms with Crippen LogP contribution in [0, 0.1) is 0 Å². The summed E-state index contributed by atoms with van der Waals surface area (Å²) in [6.45, 7) is 5.18. The van der Waals surface area contributed by atoms with E-state index in [1.54, 1.807) is 18.4 Å². The van der Waals surface area contributed by atoms with Crippen LogP contribution in [-0.2, 0) is 10.0 Å². The maximum absolute atomic E-state index is 11.8. The molecule has 8 heteroatoms. The van der Waals surface area contributed by atoms with Crippen LogP contribution in [0.25, 0.3) is 0 Å². The number of aliphatic hydroxyl groups excluding tert-OH is 1. The number of para-hydroxylation sites is 1. The molecule has 30 heavy (non-hydrogen) atoms. The molecule has 1 atom stereocenters. The van der Waals surface area contributed by atoms with E-state index in [2.05, 4.69) is 34.1 Å². The van der Waals surface area contributed by atoms with E-state index < -0.39 is 16.1 Å². The molecule has 3 rings (SSSR count). The van der Waals surface area contributed by atoms with Gasteiger partial charge in [-0.25, -0.2) is 13.6 Å². The van der Waals surface area contributed by atoms with E-state index in [1.165, 1.54) is 23.5 Å². The minimum Gasteiger partial charge on any atom is -0.388 e. The number of rotatable bonds is 9. The zero-order valence-corrected chi connectivity index (χ0v) is 19.0. The summed E-state index contributed by atoms with van der Waals surface area (Å²) < 4.78 is 23.6. The van der Waals surface area contributed by atoms with Gasteiger partial charge in [-0.15, -0.1) is 11.8 Å². The molecule has 6 nitrogen and oxygen atoms in total. The molecule has 1 fully saturated rings. The number of thioether (sulfide) groups is 1. The van der Waals surface area contributed by atoms with Gasteiger partial charge in [0.2, 0.25) is 10.0 Å². The van der Waals surface area contributed by atoms with Gasteiger partial charge in [0.1, 0.15) is 0 Å². The molecule has 2 aromatic carbocycles. The van der Waals surface area contributed by atoms with Gasteiger partial charge in [-0.2, -0.15) is 0 Å². The molecule has 0 saturated carbocycles. The van der Waals surface area contributed by atoms with Gasteiger partial charge in [0.25, 0.3) is 0 Å². The molecular formula is C22H31N3O3S2. The van der Waals surface area contributed by atoms with Gasteiger partial charge in [-0.1, -0.05) is 24.3 Å². The summed E-state index contributed by atoms with van der Waals surface area (Å²) in [7, 11) is -3.81. The van der Waals surface area contributed by atoms with E-state index in [-0.39, 0.29) is 4.90 Å². The third-order valence-electron chi connectivity index (χ3n) is 5.57. The zero-order chi connectivity index (χ0) is 21.6. The lowest BCUT2D eigenvalue weighted by Gasteiger charge is -2.36. The molecule has 0 aliphatic carbocycles. The SMILES string of the molecule is CSc1ccc(C(O)CCCCN2CCN(c3ccccc3)CC2)cc1S(N)(=O)=O. The highest BCUT2D eigenvalue weighted by molar-refractivity contribution is 7.99. The summed E-state index contributed by atoms with van der Waals surface area (Å²) in [6, 6.07) is 15.5. The lowest BCUT2D eigenvalue weighted by atomic mass is 10.0. The van der Waals surface area contributed by atoms with Gasteiger partial charge >= 0.3 is 0 Å². The van der Waals surface area contributed by atoms with Crippen molar-refractivity contribution in [2.45, 2.75) is 35.2 Å². The molecule has 0 amide bonds. The Kier molecular flexibility index (Phi) is 8.19. The van der Waals surface area contributed by atoms with Crippen LogP contribution in [0.3, 0.4) is 0 Å². The maximum Gasteiger partial charge on any atom is 0.239 e. The first-order valence-corrected chi connectivity index (χ1v) is 13.1. The van der Waals surface area contributed by atoms with Gasteiger partial charge in [0.15, 0.2) is 0 Å². The number of nitrogens with zero attached hydrogens (tertiary/aromatic N) is 2. The normalized spacial score (nSPS) is 16.6. The largest absolute Gasteiger partial charge is 0.388 e. The second-order valence-corrected chi connectivity index (χ2v) is 10.0. The Labute approximate surface area is 184 Å². The third kappa shape index (κ3) is 6.21. The van der Waals surface area contributed by atoms with Crippen molar-refractivity contribution in [1.82, 2.24) is 4.90 Å². The molecule has 1 aliphatic rings. The molecular weight excluding hydrogens is 418 g/mol. The van der Waals surface area contributed by atoms with E-state index >= 15 is 0 Å². The predicted molar refractivity (Wildman–Crippen MR) is 124 cm³/mol. The number of nitrogens with two attached hydrogens (primary N) is 1. The van der Waals surface area contributed by atoms with Gasteiger partial charge in [-0.3, -0.25) is 4.90 Å². The predicted octanol–water partition coefficient (Wildman–Crippen LogP) is 3.08. The molecule has 0 radical (unpaired) electrons. The lowest BCUT2D eigenvalue weighted by molar-refractivity contribution is 0.159. The standard InChI is InChI=1S/C22H31N3O3S2/c1-29-21-11-10-18(17-22(21)30(23,27)28)20(26)9-5-6-12-24-13-15-25(16-14-24)19-7-3-2-4-8-19/h2-4,7-8,10-11,17,20,26H,5-6,9,12-16H2,1H3,(H2,23,27,28). The van der Waals surface area contributed by atoms with Crippen LogP contribution < -0.4 is 10.0 Å². The molecule has 1 saturated heterocycles. The fourth-order valence-corrected chi connectivity index (χ4v) is 5.54. The summed E-state index contributed by atoms with van der Waals surface area (Å²) in [6.07, 6.45) is 3.62. The second kappa shape index (κ2) is 10.6. The Morgan fingerprint density at radius 2 is 1.77 bits per heavy atom. The summed E-state index contributed by atoms with van der Waals surface area (Å²) in [5.41, 5.74) is 1.89. The monoisotopic (exact) mass is 449 g/mol. The van der Waals surface area contributed by atoms with Gasteiger partial charge < -0.3 is 10.0 Å². The molecule has 0 aromatic heterocycles. The summed E-state index contributed by atoms with van der Waals surface area (Å²) in [5, 5.41) is 15.8. The van der Waals surface area contributed by atoms with Crippen LogP contribution in [0.2, 0.25) is 0 Å². The summed E-state index contributed by atoms with van der Waals surface area (Å²) in [4.78, 5) is 5.57. The average Bonchev–Trinajstić information content (AvgIpc) is 2.76. The van der Waals surface area contributed by atoms with E-state index in [1.807, 2.05) is 6.07 Å². The van der Waals surface area contributed by atoms with Crippen LogP contribution in [-0.4, -0.2) is 57.4 Å². The maximum atomic E-state index is 11.8. The molecule has 3 N–H and O–H groups in total. The van der Waals surface area contributed by atoms with Gasteiger partial charge in [0, 0.05) is 36.8 Å².